The number of nitrogens with zero attached hydrogens (tertiary/aromatic N) is 1. The lowest BCUT2D eigenvalue weighted by Gasteiger charge is -2.27. The highest BCUT2D eigenvalue weighted by molar-refractivity contribution is 6.01. The average molecular weight is 345 g/mol. The number of imide groups is 1. The predicted octanol–water partition coefficient (Wildman–Crippen LogP) is 2.20. The summed E-state index contributed by atoms with van der Waals surface area (Å²) in [5, 5.41) is 5.67. The molecule has 0 saturated carbocycles. The first-order chi connectivity index (χ1) is 11.7. The monoisotopic (exact) mass is 345 g/mol. The van der Waals surface area contributed by atoms with E-state index in [2.05, 4.69) is 31.4 Å². The Kier molecular flexibility index (Phi) is 4.41. The Labute approximate surface area is 146 Å². The molecule has 0 aliphatic carbocycles. The molecule has 0 bridgehead atoms. The van der Waals surface area contributed by atoms with Crippen molar-refractivity contribution in [2.75, 3.05) is 11.9 Å². The fourth-order valence-electron chi connectivity index (χ4n) is 3.14. The summed E-state index contributed by atoms with van der Waals surface area (Å²) in [6.45, 7) is 6.50. The van der Waals surface area contributed by atoms with Crippen LogP contribution in [0.3, 0.4) is 0 Å². The topological polar surface area (TPSA) is 87.7 Å². The predicted molar refractivity (Wildman–Crippen MR) is 91.9 cm³/mol. The van der Waals surface area contributed by atoms with Crippen LogP contribution in [0, 0.1) is 0 Å². The smallest absolute Gasteiger partial charge is 0.411 e. The molecular formula is C18H23N3O4. The second-order valence-electron chi connectivity index (χ2n) is 7.49. The molecule has 1 aromatic rings. The molecule has 2 heterocycles. The number of carbonyl (C=O) groups excluding carboxylic acids is 3. The van der Waals surface area contributed by atoms with Gasteiger partial charge < -0.3 is 10.1 Å². The molecule has 3 amide bonds. The highest BCUT2D eigenvalue weighted by atomic mass is 16.6. The molecule has 2 fully saturated rings. The summed E-state index contributed by atoms with van der Waals surface area (Å²) < 4.78 is 5.47. The molecule has 2 aliphatic rings. The molecule has 0 aromatic heterocycles. The van der Waals surface area contributed by atoms with Crippen LogP contribution in [0.15, 0.2) is 24.3 Å². The van der Waals surface area contributed by atoms with Gasteiger partial charge in [-0.1, -0.05) is 12.1 Å². The number of ether oxygens (including phenoxy) is 1. The van der Waals surface area contributed by atoms with Crippen molar-refractivity contribution in [1.29, 1.82) is 0 Å². The van der Waals surface area contributed by atoms with Crippen LogP contribution in [0.4, 0.5) is 10.5 Å². The molecule has 1 aromatic carbocycles. The Morgan fingerprint density at radius 3 is 2.68 bits per heavy atom. The van der Waals surface area contributed by atoms with Crippen molar-refractivity contribution in [3.05, 3.63) is 29.8 Å². The number of carbonyl (C=O) groups is 3. The summed E-state index contributed by atoms with van der Waals surface area (Å²) in [5.74, 6) is -0.733. The number of cyclic esters (lactones) is 1. The normalized spacial score (nSPS) is 24.1. The number of rotatable bonds is 3. The third-order valence-corrected chi connectivity index (χ3v) is 4.20. The van der Waals surface area contributed by atoms with Gasteiger partial charge in [0.15, 0.2) is 0 Å². The van der Waals surface area contributed by atoms with Crippen molar-refractivity contribution in [3.63, 3.8) is 0 Å². The van der Waals surface area contributed by atoms with Gasteiger partial charge in [0.1, 0.15) is 12.1 Å². The van der Waals surface area contributed by atoms with Gasteiger partial charge >= 0.3 is 6.09 Å². The van der Waals surface area contributed by atoms with Crippen LogP contribution in [0.1, 0.15) is 45.3 Å². The van der Waals surface area contributed by atoms with E-state index in [1.807, 2.05) is 24.3 Å². The zero-order valence-corrected chi connectivity index (χ0v) is 14.7. The van der Waals surface area contributed by atoms with E-state index in [4.69, 9.17) is 4.74 Å². The molecule has 0 spiro atoms. The average Bonchev–Trinajstić information content (AvgIpc) is 2.88. The number of amides is 3. The third kappa shape index (κ3) is 3.92. The third-order valence-electron chi connectivity index (χ3n) is 4.20. The highest BCUT2D eigenvalue weighted by Crippen LogP contribution is 2.31. The maximum Gasteiger partial charge on any atom is 0.411 e. The highest BCUT2D eigenvalue weighted by Gasteiger charge is 2.41. The Balaban J connectivity index is 1.73. The first kappa shape index (κ1) is 17.3. The van der Waals surface area contributed by atoms with Gasteiger partial charge in [0.2, 0.25) is 11.8 Å². The number of hydrogen-bond donors (Lipinski definition) is 2. The first-order valence-corrected chi connectivity index (χ1v) is 8.42. The second kappa shape index (κ2) is 6.38. The summed E-state index contributed by atoms with van der Waals surface area (Å²) in [6.07, 6.45) is -0.387. The quantitative estimate of drug-likeness (QED) is 0.820. The number of benzene rings is 1. The Hall–Kier alpha value is -2.57. The molecule has 7 heteroatoms. The Morgan fingerprint density at radius 2 is 2.00 bits per heavy atom. The van der Waals surface area contributed by atoms with Crippen LogP contribution in [0.2, 0.25) is 0 Å². The largest absolute Gasteiger partial charge is 0.439 e. The van der Waals surface area contributed by atoms with Gasteiger partial charge in [0.25, 0.3) is 0 Å². The molecule has 1 unspecified atom stereocenters. The van der Waals surface area contributed by atoms with Crippen LogP contribution in [-0.4, -0.2) is 40.9 Å². The first-order valence-electron chi connectivity index (χ1n) is 8.42. The molecule has 7 nitrogen and oxygen atoms in total. The lowest BCUT2D eigenvalue weighted by Crippen LogP contribution is -2.52. The van der Waals surface area contributed by atoms with E-state index in [1.165, 1.54) is 4.90 Å². The lowest BCUT2D eigenvalue weighted by atomic mass is 10.0. The molecule has 2 saturated heterocycles. The van der Waals surface area contributed by atoms with E-state index in [0.717, 1.165) is 11.3 Å². The van der Waals surface area contributed by atoms with Crippen LogP contribution >= 0.6 is 0 Å². The number of piperidine rings is 1. The number of anilines is 1. The summed E-state index contributed by atoms with van der Waals surface area (Å²) in [7, 11) is 0. The summed E-state index contributed by atoms with van der Waals surface area (Å²) >= 11 is 0. The van der Waals surface area contributed by atoms with Gasteiger partial charge in [-0.2, -0.15) is 0 Å². The molecular weight excluding hydrogens is 322 g/mol. The fraction of sp³-hybridized carbons (Fsp3) is 0.500. The van der Waals surface area contributed by atoms with Crippen LogP contribution in [0.25, 0.3) is 0 Å². The number of nitrogens with one attached hydrogen (secondary N) is 2. The van der Waals surface area contributed by atoms with Crippen molar-refractivity contribution < 1.29 is 19.1 Å². The minimum Gasteiger partial charge on any atom is -0.439 e. The van der Waals surface area contributed by atoms with E-state index < -0.39 is 24.1 Å². The lowest BCUT2D eigenvalue weighted by molar-refractivity contribution is -0.136. The van der Waals surface area contributed by atoms with Crippen LogP contribution < -0.4 is 10.6 Å². The van der Waals surface area contributed by atoms with E-state index in [1.54, 1.807) is 0 Å². The standard InChI is InChI=1S/C18H23N3O4/c1-18(2,3)20-12-6-4-5-11(9-12)14-10-21(17(24)25-14)13-7-8-15(22)19-16(13)23/h4-6,9,13-14,20H,7-8,10H2,1-3H3,(H,19,22,23)/t13?,14-/m1/s1. The molecule has 3 rings (SSSR count). The molecule has 134 valence electrons. The molecule has 0 radical (unpaired) electrons. The molecule has 25 heavy (non-hydrogen) atoms. The maximum absolute atomic E-state index is 12.2. The zero-order valence-electron chi connectivity index (χ0n) is 14.7. The number of hydrogen-bond acceptors (Lipinski definition) is 5. The summed E-state index contributed by atoms with van der Waals surface area (Å²) in [5.41, 5.74) is 1.74. The summed E-state index contributed by atoms with van der Waals surface area (Å²) in [4.78, 5) is 36.9. The second-order valence-corrected chi connectivity index (χ2v) is 7.49. The van der Waals surface area contributed by atoms with Crippen molar-refractivity contribution in [2.45, 2.75) is 51.3 Å². The summed E-state index contributed by atoms with van der Waals surface area (Å²) in [6, 6.07) is 7.08. The fourth-order valence-corrected chi connectivity index (χ4v) is 3.14. The van der Waals surface area contributed by atoms with Crippen molar-refractivity contribution in [3.8, 4) is 0 Å². The SMILES string of the molecule is CC(C)(C)Nc1cccc([C@H]2CN(C3CCC(=O)NC3=O)C(=O)O2)c1. The molecule has 2 aliphatic heterocycles. The maximum atomic E-state index is 12.2. The minimum absolute atomic E-state index is 0.0796. The van der Waals surface area contributed by atoms with Crippen molar-refractivity contribution in [2.24, 2.45) is 0 Å². The van der Waals surface area contributed by atoms with E-state index in [-0.39, 0.29) is 17.9 Å². The molecule has 2 N–H and O–H groups in total. The minimum atomic E-state index is -0.647. The Morgan fingerprint density at radius 1 is 1.24 bits per heavy atom. The van der Waals surface area contributed by atoms with Gasteiger partial charge in [-0.3, -0.25) is 19.8 Å². The van der Waals surface area contributed by atoms with E-state index >= 15 is 0 Å². The zero-order chi connectivity index (χ0) is 18.2. The van der Waals surface area contributed by atoms with Crippen LogP contribution in [0.5, 0.6) is 0 Å². The van der Waals surface area contributed by atoms with E-state index in [9.17, 15) is 14.4 Å². The van der Waals surface area contributed by atoms with Crippen LogP contribution in [-0.2, 0) is 14.3 Å². The van der Waals surface area contributed by atoms with Gasteiger partial charge in [-0.25, -0.2) is 4.79 Å². The molecule has 2 atom stereocenters. The van der Waals surface area contributed by atoms with E-state index in [0.29, 0.717) is 13.0 Å². The van der Waals surface area contributed by atoms with Gasteiger partial charge in [-0.15, -0.1) is 0 Å². The Bertz CT molecular complexity index is 711. The van der Waals surface area contributed by atoms with Crippen molar-refractivity contribution in [1.82, 2.24) is 10.2 Å². The van der Waals surface area contributed by atoms with Gasteiger partial charge in [0, 0.05) is 17.6 Å². The van der Waals surface area contributed by atoms with Gasteiger partial charge in [0.05, 0.1) is 6.54 Å². The van der Waals surface area contributed by atoms with Crippen molar-refractivity contribution >= 4 is 23.6 Å². The van der Waals surface area contributed by atoms with Gasteiger partial charge in [-0.05, 0) is 44.9 Å².